The molecule has 1 fully saturated rings. The Balaban J connectivity index is 0.000000221. The summed E-state index contributed by atoms with van der Waals surface area (Å²) in [5, 5.41) is 8.99. The number of fused-ring (bicyclic) bond motifs is 1. The molecule has 7 rings (SSSR count). The number of pyridine rings is 2. The second kappa shape index (κ2) is 16.0. The lowest BCUT2D eigenvalue weighted by atomic mass is 9.93. The van der Waals surface area contributed by atoms with Crippen molar-refractivity contribution in [3.8, 4) is 22.8 Å². The largest absolute Gasteiger partial charge is 0.493 e. The predicted octanol–water partition coefficient (Wildman–Crippen LogP) is 5.01. The van der Waals surface area contributed by atoms with Crippen LogP contribution in [0.25, 0.3) is 27.6 Å². The van der Waals surface area contributed by atoms with Gasteiger partial charge in [0.05, 0.1) is 37.5 Å². The SMILES string of the molecule is COc1cc(Cl)cnc1N1CCN(C=O)CC1.COc1ncccc1-c1cc(C2=CCCN(C(=O)CCn3ccnn3)C2)c(F)c2[nH]c(C)cc12. The van der Waals surface area contributed by atoms with E-state index in [2.05, 4.69) is 30.2 Å². The summed E-state index contributed by atoms with van der Waals surface area (Å²) >= 11 is 5.86. The average Bonchev–Trinajstić information content (AvgIpc) is 3.84. The normalized spacial score (nSPS) is 14.5. The number of H-pyrrole nitrogens is 1. The quantitative estimate of drug-likeness (QED) is 0.209. The number of rotatable bonds is 9. The van der Waals surface area contributed by atoms with E-state index in [0.29, 0.717) is 73.3 Å². The topological polar surface area (TPSA) is 135 Å². The monoisotopic (exact) mass is 715 g/mol. The van der Waals surface area contributed by atoms with Crippen LogP contribution in [0, 0.1) is 12.7 Å². The number of carbonyl (C=O) groups is 2. The van der Waals surface area contributed by atoms with Gasteiger partial charge in [0.25, 0.3) is 0 Å². The van der Waals surface area contributed by atoms with Gasteiger partial charge in [0, 0.05) is 92.6 Å². The summed E-state index contributed by atoms with van der Waals surface area (Å²) in [5.74, 6) is 1.60. The maximum atomic E-state index is 15.8. The summed E-state index contributed by atoms with van der Waals surface area (Å²) in [6.07, 6.45) is 10.5. The Morgan fingerprint density at radius 1 is 1.04 bits per heavy atom. The number of amides is 2. The van der Waals surface area contributed by atoms with Crippen LogP contribution in [0.3, 0.4) is 0 Å². The van der Waals surface area contributed by atoms with Crippen molar-refractivity contribution < 1.29 is 23.5 Å². The molecule has 2 amide bonds. The highest BCUT2D eigenvalue weighted by molar-refractivity contribution is 6.30. The van der Waals surface area contributed by atoms with Gasteiger partial charge in [-0.05, 0) is 48.7 Å². The number of hydrogen-bond acceptors (Lipinski definition) is 9. The summed E-state index contributed by atoms with van der Waals surface area (Å²) in [6.45, 7) is 6.23. The van der Waals surface area contributed by atoms with Crippen LogP contribution in [-0.2, 0) is 16.1 Å². The summed E-state index contributed by atoms with van der Waals surface area (Å²) in [4.78, 5) is 40.9. The molecule has 13 nitrogen and oxygen atoms in total. The second-order valence-corrected chi connectivity index (χ2v) is 12.6. The molecule has 51 heavy (non-hydrogen) atoms. The lowest BCUT2D eigenvalue weighted by Gasteiger charge is -2.33. The van der Waals surface area contributed by atoms with Gasteiger partial charge >= 0.3 is 0 Å². The van der Waals surface area contributed by atoms with E-state index in [1.807, 2.05) is 37.3 Å². The minimum atomic E-state index is -0.321. The number of piperazine rings is 1. The molecule has 6 heterocycles. The first-order chi connectivity index (χ1) is 24.8. The van der Waals surface area contributed by atoms with Crippen LogP contribution in [0.1, 0.15) is 24.1 Å². The molecule has 0 atom stereocenters. The maximum absolute atomic E-state index is 15.8. The highest BCUT2D eigenvalue weighted by Crippen LogP contribution is 2.39. The zero-order valence-electron chi connectivity index (χ0n) is 28.7. The third-order valence-electron chi connectivity index (χ3n) is 8.90. The molecule has 2 aliphatic heterocycles. The van der Waals surface area contributed by atoms with Crippen LogP contribution in [0.4, 0.5) is 10.2 Å². The number of aryl methyl sites for hydroxylation is 2. The number of methoxy groups -OCH3 is 2. The highest BCUT2D eigenvalue weighted by atomic mass is 35.5. The van der Waals surface area contributed by atoms with Gasteiger partial charge in [-0.25, -0.2) is 14.4 Å². The average molecular weight is 716 g/mol. The molecule has 15 heteroatoms. The van der Waals surface area contributed by atoms with Crippen LogP contribution >= 0.6 is 11.6 Å². The number of anilines is 1. The van der Waals surface area contributed by atoms with Crippen molar-refractivity contribution in [2.24, 2.45) is 0 Å². The van der Waals surface area contributed by atoms with E-state index in [0.717, 1.165) is 53.1 Å². The summed E-state index contributed by atoms with van der Waals surface area (Å²) in [5.41, 5.74) is 4.17. The molecule has 1 aromatic carbocycles. The zero-order valence-corrected chi connectivity index (χ0v) is 29.4. The minimum Gasteiger partial charge on any atom is -0.493 e. The Hall–Kier alpha value is -5.50. The number of ether oxygens (including phenoxy) is 2. The van der Waals surface area contributed by atoms with Gasteiger partial charge < -0.3 is 29.2 Å². The number of nitrogens with zero attached hydrogens (tertiary/aromatic N) is 8. The van der Waals surface area contributed by atoms with Gasteiger partial charge in [-0.15, -0.1) is 5.10 Å². The van der Waals surface area contributed by atoms with Gasteiger partial charge in [-0.1, -0.05) is 22.9 Å². The second-order valence-electron chi connectivity index (χ2n) is 12.1. The number of aromatic nitrogens is 6. The molecule has 1 N–H and O–H groups in total. The van der Waals surface area contributed by atoms with E-state index in [-0.39, 0.29) is 11.7 Å². The Morgan fingerprint density at radius 3 is 2.59 bits per heavy atom. The summed E-state index contributed by atoms with van der Waals surface area (Å²) in [7, 11) is 3.17. The van der Waals surface area contributed by atoms with Gasteiger partial charge in [0.2, 0.25) is 18.2 Å². The van der Waals surface area contributed by atoms with E-state index < -0.39 is 0 Å². The molecule has 0 aliphatic carbocycles. The number of aromatic amines is 1. The van der Waals surface area contributed by atoms with Crippen molar-refractivity contribution >= 4 is 46.2 Å². The van der Waals surface area contributed by atoms with Crippen molar-refractivity contribution in [1.29, 1.82) is 0 Å². The molecular formula is C36H39ClFN9O4. The Morgan fingerprint density at radius 2 is 1.86 bits per heavy atom. The maximum Gasteiger partial charge on any atom is 0.224 e. The number of nitrogens with one attached hydrogen (secondary N) is 1. The molecule has 1 saturated heterocycles. The predicted molar refractivity (Wildman–Crippen MR) is 192 cm³/mol. The van der Waals surface area contributed by atoms with Crippen LogP contribution < -0.4 is 14.4 Å². The zero-order chi connectivity index (χ0) is 35.9. The minimum absolute atomic E-state index is 0.00690. The van der Waals surface area contributed by atoms with E-state index >= 15 is 4.39 Å². The van der Waals surface area contributed by atoms with E-state index in [1.54, 1.807) is 59.6 Å². The fourth-order valence-electron chi connectivity index (χ4n) is 6.32. The molecule has 0 bridgehead atoms. The van der Waals surface area contributed by atoms with Crippen LogP contribution in [0.5, 0.6) is 11.6 Å². The van der Waals surface area contributed by atoms with Crippen LogP contribution in [0.15, 0.2) is 61.2 Å². The molecule has 4 aromatic heterocycles. The fourth-order valence-corrected chi connectivity index (χ4v) is 6.47. The standard InChI is InChI=1S/C25H25FN6O2.C11H14ClN3O2/c1-16-13-21-20(18-6-3-8-27-25(18)34-2)14-19(23(26)24(21)29-16)17-5-4-10-31(15-17)22(33)7-11-32-12-9-28-30-32;1-17-10-6-9(12)7-13-11(10)15-4-2-14(8-16)3-5-15/h3,5-6,8-9,12-14,29H,4,7,10-11,15H2,1-2H3;6-8H,2-5H2,1H3. The number of carbonyl (C=O) groups excluding carboxylic acids is 2. The van der Waals surface area contributed by atoms with Gasteiger partial charge in [-0.3, -0.25) is 14.3 Å². The molecule has 0 radical (unpaired) electrons. The lowest BCUT2D eigenvalue weighted by molar-refractivity contribution is -0.131. The van der Waals surface area contributed by atoms with E-state index in [4.69, 9.17) is 21.1 Å². The van der Waals surface area contributed by atoms with Crippen LogP contribution in [0.2, 0.25) is 5.02 Å². The third kappa shape index (κ3) is 7.96. The lowest BCUT2D eigenvalue weighted by Crippen LogP contribution is -2.46. The molecule has 5 aromatic rings. The van der Waals surface area contributed by atoms with Crippen molar-refractivity contribution in [3.05, 3.63) is 83.3 Å². The first-order valence-corrected chi connectivity index (χ1v) is 16.9. The Labute approximate surface area is 299 Å². The fraction of sp³-hybridized carbons (Fsp3) is 0.333. The molecule has 0 unspecified atom stereocenters. The molecule has 0 spiro atoms. The van der Waals surface area contributed by atoms with Gasteiger partial charge in [-0.2, -0.15) is 0 Å². The Bertz CT molecular complexity index is 2030. The molecule has 2 aliphatic rings. The van der Waals surface area contributed by atoms with Crippen molar-refractivity contribution in [1.82, 2.24) is 39.7 Å². The molecule has 266 valence electrons. The first-order valence-electron chi connectivity index (χ1n) is 16.6. The van der Waals surface area contributed by atoms with Gasteiger partial charge in [0.15, 0.2) is 17.4 Å². The van der Waals surface area contributed by atoms with Crippen molar-refractivity contribution in [3.63, 3.8) is 0 Å². The summed E-state index contributed by atoms with van der Waals surface area (Å²) < 4.78 is 28.1. The van der Waals surface area contributed by atoms with E-state index in [1.165, 1.54) is 0 Å². The molecular weight excluding hydrogens is 677 g/mol. The first kappa shape index (κ1) is 35.3. The van der Waals surface area contributed by atoms with E-state index in [9.17, 15) is 9.59 Å². The third-order valence-corrected chi connectivity index (χ3v) is 9.11. The Kier molecular flexibility index (Phi) is 11.1. The molecule has 0 saturated carbocycles. The smallest absolute Gasteiger partial charge is 0.224 e. The van der Waals surface area contributed by atoms with Crippen LogP contribution in [-0.4, -0.2) is 106 Å². The number of halogens is 2. The highest BCUT2D eigenvalue weighted by Gasteiger charge is 2.25. The number of benzene rings is 1. The van der Waals surface area contributed by atoms with Crippen molar-refractivity contribution in [2.75, 3.05) is 58.4 Å². The summed E-state index contributed by atoms with van der Waals surface area (Å²) in [6, 6.07) is 9.27. The van der Waals surface area contributed by atoms with Gasteiger partial charge in [0.1, 0.15) is 0 Å². The van der Waals surface area contributed by atoms with Crippen molar-refractivity contribution in [2.45, 2.75) is 26.3 Å². The number of hydrogen-bond donors (Lipinski definition) is 1.